The molecule has 0 bridgehead atoms. The first-order valence-corrected chi connectivity index (χ1v) is 12.5. The summed E-state index contributed by atoms with van der Waals surface area (Å²) < 4.78 is 0. The molecule has 2 fully saturated rings. The van der Waals surface area contributed by atoms with Gasteiger partial charge in [-0.3, -0.25) is 9.59 Å². The summed E-state index contributed by atoms with van der Waals surface area (Å²) in [5, 5.41) is 7.66. The smallest absolute Gasteiger partial charge is 0.242 e. The Morgan fingerprint density at radius 2 is 1.31 bits per heavy atom. The highest BCUT2D eigenvalue weighted by molar-refractivity contribution is 7.23. The summed E-state index contributed by atoms with van der Waals surface area (Å²) in [6.07, 6.45) is 2.17. The van der Waals surface area contributed by atoms with Crippen LogP contribution in [0.2, 0.25) is 0 Å². The average molecular weight is 475 g/mol. The predicted molar refractivity (Wildman–Crippen MR) is 127 cm³/mol. The molecule has 0 radical (unpaired) electrons. The number of hydrogen-bond donors (Lipinski definition) is 2. The Morgan fingerprint density at radius 3 is 1.84 bits per heavy atom. The molecule has 2 aliphatic heterocycles. The van der Waals surface area contributed by atoms with Crippen LogP contribution in [-0.2, 0) is 9.59 Å². The van der Waals surface area contributed by atoms with Crippen molar-refractivity contribution in [2.45, 2.75) is 12.8 Å². The second-order valence-corrected chi connectivity index (χ2v) is 10.1. The molecule has 0 saturated carbocycles. The first kappa shape index (κ1) is 21.3. The monoisotopic (exact) mass is 474 g/mol. The highest BCUT2D eigenvalue weighted by Crippen LogP contribution is 2.31. The minimum absolute atomic E-state index is 0.0900. The summed E-state index contributed by atoms with van der Waals surface area (Å²) in [5.41, 5.74) is 1.51. The molecule has 0 spiro atoms. The number of nitrogens with zero attached hydrogens (tertiary/aromatic N) is 6. The summed E-state index contributed by atoms with van der Waals surface area (Å²) in [7, 11) is 2.07. The molecule has 0 aliphatic carbocycles. The maximum atomic E-state index is 12.4. The lowest BCUT2D eigenvalue weighted by Crippen LogP contribution is -2.48. The SMILES string of the molecule is CN1CCN(C(=O)CNc2nc3cc4nc(NCC(=O)N5CCCC5)sc4nc3s2)CC1. The number of nitrogens with one attached hydrogen (secondary N) is 2. The zero-order valence-electron chi connectivity index (χ0n) is 18.0. The second kappa shape index (κ2) is 9.12. The number of pyridine rings is 1. The van der Waals surface area contributed by atoms with Gasteiger partial charge < -0.3 is 25.3 Å². The minimum atomic E-state index is 0.0900. The van der Waals surface area contributed by atoms with E-state index in [4.69, 9.17) is 0 Å². The van der Waals surface area contributed by atoms with Crippen LogP contribution in [0, 0.1) is 0 Å². The Kier molecular flexibility index (Phi) is 6.07. The van der Waals surface area contributed by atoms with Crippen molar-refractivity contribution in [3.8, 4) is 0 Å². The van der Waals surface area contributed by atoms with Crippen molar-refractivity contribution >= 4 is 65.4 Å². The molecule has 0 unspecified atom stereocenters. The molecule has 2 N–H and O–H groups in total. The molecule has 2 aliphatic rings. The van der Waals surface area contributed by atoms with E-state index in [2.05, 4.69) is 37.5 Å². The van der Waals surface area contributed by atoms with Gasteiger partial charge in [0.2, 0.25) is 11.8 Å². The van der Waals surface area contributed by atoms with Gasteiger partial charge in [0.25, 0.3) is 0 Å². The molecule has 32 heavy (non-hydrogen) atoms. The topological polar surface area (TPSA) is 107 Å². The zero-order chi connectivity index (χ0) is 22.1. The molecule has 2 saturated heterocycles. The third kappa shape index (κ3) is 4.62. The van der Waals surface area contributed by atoms with Crippen molar-refractivity contribution in [1.29, 1.82) is 0 Å². The molecule has 3 aromatic heterocycles. The van der Waals surface area contributed by atoms with Crippen molar-refractivity contribution in [2.75, 3.05) is 70.0 Å². The van der Waals surface area contributed by atoms with Crippen molar-refractivity contribution in [1.82, 2.24) is 29.7 Å². The predicted octanol–water partition coefficient (Wildman–Crippen LogP) is 1.52. The summed E-state index contributed by atoms with van der Waals surface area (Å²) in [6.45, 7) is 5.52. The standard InChI is InChI=1S/C20H26N8O2S2/c1-26-6-8-28(9-7-26)16(30)12-22-20-24-14-10-13-17(25-18(14)32-20)31-19(23-13)21-11-15(29)27-4-2-3-5-27/h10H,2-9,11-12H2,1H3,(H,21,23)(H,22,24). The van der Waals surface area contributed by atoms with Crippen LogP contribution in [0.15, 0.2) is 6.07 Å². The number of likely N-dealkylation sites (N-methyl/N-ethyl adjacent to an activating group) is 1. The van der Waals surface area contributed by atoms with Gasteiger partial charge in [0.1, 0.15) is 20.7 Å². The maximum absolute atomic E-state index is 12.4. The lowest BCUT2D eigenvalue weighted by Gasteiger charge is -2.32. The number of carbonyl (C=O) groups excluding carboxylic acids is 2. The summed E-state index contributed by atoms with van der Waals surface area (Å²) in [5.74, 6) is 0.200. The number of hydrogen-bond acceptors (Lipinski definition) is 10. The lowest BCUT2D eigenvalue weighted by molar-refractivity contribution is -0.131. The molecule has 5 heterocycles. The van der Waals surface area contributed by atoms with Gasteiger partial charge in [0.15, 0.2) is 10.3 Å². The van der Waals surface area contributed by atoms with Crippen LogP contribution >= 0.6 is 22.7 Å². The molecule has 12 heteroatoms. The van der Waals surface area contributed by atoms with Gasteiger partial charge in [-0.05, 0) is 26.0 Å². The third-order valence-corrected chi connectivity index (χ3v) is 7.69. The number of anilines is 2. The fourth-order valence-corrected chi connectivity index (χ4v) is 5.61. The number of aromatic nitrogens is 3. The van der Waals surface area contributed by atoms with Gasteiger partial charge in [-0.1, -0.05) is 22.7 Å². The van der Waals surface area contributed by atoms with Crippen molar-refractivity contribution in [3.05, 3.63) is 6.07 Å². The fourth-order valence-electron chi connectivity index (χ4n) is 3.92. The van der Waals surface area contributed by atoms with Crippen LogP contribution in [0.25, 0.3) is 20.7 Å². The van der Waals surface area contributed by atoms with E-state index >= 15 is 0 Å². The van der Waals surface area contributed by atoms with Crippen molar-refractivity contribution in [3.63, 3.8) is 0 Å². The van der Waals surface area contributed by atoms with Gasteiger partial charge >= 0.3 is 0 Å². The average Bonchev–Trinajstić information content (AvgIpc) is 3.53. The van der Waals surface area contributed by atoms with E-state index in [-0.39, 0.29) is 24.9 Å². The molecule has 5 rings (SSSR count). The van der Waals surface area contributed by atoms with E-state index in [1.807, 2.05) is 15.9 Å². The van der Waals surface area contributed by atoms with E-state index in [0.29, 0.717) is 10.3 Å². The van der Waals surface area contributed by atoms with E-state index in [1.165, 1.54) is 22.7 Å². The number of piperazine rings is 1. The largest absolute Gasteiger partial charge is 0.352 e. The highest BCUT2D eigenvalue weighted by atomic mass is 32.1. The van der Waals surface area contributed by atoms with E-state index in [1.54, 1.807) is 0 Å². The van der Waals surface area contributed by atoms with Crippen LogP contribution in [0.5, 0.6) is 0 Å². The Labute approximate surface area is 193 Å². The molecule has 3 aromatic rings. The molecule has 170 valence electrons. The van der Waals surface area contributed by atoms with Crippen LogP contribution in [0.3, 0.4) is 0 Å². The van der Waals surface area contributed by atoms with Crippen LogP contribution in [0.4, 0.5) is 10.3 Å². The molecule has 2 amide bonds. The highest BCUT2D eigenvalue weighted by Gasteiger charge is 2.20. The van der Waals surface area contributed by atoms with E-state index < -0.39 is 0 Å². The first-order valence-electron chi connectivity index (χ1n) is 10.8. The first-order chi connectivity index (χ1) is 15.5. The quantitative estimate of drug-likeness (QED) is 0.554. The van der Waals surface area contributed by atoms with Gasteiger partial charge in [0, 0.05) is 39.3 Å². The van der Waals surface area contributed by atoms with Crippen molar-refractivity contribution < 1.29 is 9.59 Å². The number of rotatable bonds is 6. The number of amides is 2. The lowest BCUT2D eigenvalue weighted by atomic mass is 10.3. The zero-order valence-corrected chi connectivity index (χ0v) is 19.6. The number of carbonyl (C=O) groups is 2. The van der Waals surface area contributed by atoms with Gasteiger partial charge in [-0.25, -0.2) is 15.0 Å². The molecule has 0 atom stereocenters. The summed E-state index contributed by atoms with van der Waals surface area (Å²) in [6, 6.07) is 1.91. The number of fused-ring (bicyclic) bond motifs is 2. The molecule has 10 nitrogen and oxygen atoms in total. The van der Waals surface area contributed by atoms with Crippen LogP contribution in [0.1, 0.15) is 12.8 Å². The van der Waals surface area contributed by atoms with Gasteiger partial charge in [0.05, 0.1) is 13.1 Å². The van der Waals surface area contributed by atoms with Crippen molar-refractivity contribution in [2.24, 2.45) is 0 Å². The van der Waals surface area contributed by atoms with E-state index in [0.717, 1.165) is 72.8 Å². The Balaban J connectivity index is 1.21. The molecular weight excluding hydrogens is 448 g/mol. The Morgan fingerprint density at radius 1 is 0.812 bits per heavy atom. The summed E-state index contributed by atoms with van der Waals surface area (Å²) in [4.78, 5) is 46.1. The summed E-state index contributed by atoms with van der Waals surface area (Å²) >= 11 is 2.86. The van der Waals surface area contributed by atoms with Gasteiger partial charge in [-0.2, -0.15) is 0 Å². The Hall–Kier alpha value is -2.57. The van der Waals surface area contributed by atoms with E-state index in [9.17, 15) is 9.59 Å². The molecule has 0 aromatic carbocycles. The van der Waals surface area contributed by atoms with Crippen LogP contribution < -0.4 is 10.6 Å². The number of likely N-dealkylation sites (tertiary alicyclic amines) is 1. The molecular formula is C20H26N8O2S2. The van der Waals surface area contributed by atoms with Gasteiger partial charge in [-0.15, -0.1) is 0 Å². The normalized spacial score (nSPS) is 17.4. The maximum Gasteiger partial charge on any atom is 0.242 e. The minimum Gasteiger partial charge on any atom is -0.352 e. The second-order valence-electron chi connectivity index (χ2n) is 8.15. The Bertz CT molecular complexity index is 1080. The fraction of sp³-hybridized carbons (Fsp3) is 0.550. The number of thiazole rings is 2. The van der Waals surface area contributed by atoms with Crippen LogP contribution in [-0.4, -0.2) is 101 Å². The third-order valence-electron chi connectivity index (χ3n) is 5.84.